The van der Waals surface area contributed by atoms with Crippen LogP contribution in [0.4, 0.5) is 0 Å². The Bertz CT molecular complexity index is 270. The lowest BCUT2D eigenvalue weighted by molar-refractivity contribution is -0.0713. The molecule has 4 nitrogen and oxygen atoms in total. The zero-order valence-electron chi connectivity index (χ0n) is 8.11. The van der Waals surface area contributed by atoms with Gasteiger partial charge in [0.2, 0.25) is 0 Å². The lowest BCUT2D eigenvalue weighted by atomic mass is 9.89. The van der Waals surface area contributed by atoms with Crippen molar-refractivity contribution >= 4 is 11.7 Å². The van der Waals surface area contributed by atoms with Gasteiger partial charge in [0.1, 0.15) is 0 Å². The van der Waals surface area contributed by atoms with Gasteiger partial charge in [0.15, 0.2) is 0 Å². The Kier molecular flexibility index (Phi) is 3.10. The van der Waals surface area contributed by atoms with Crippen molar-refractivity contribution < 1.29 is 4.74 Å². The summed E-state index contributed by atoms with van der Waals surface area (Å²) in [6, 6.07) is 0. The second-order valence-corrected chi connectivity index (χ2v) is 4.32. The molecule has 2 rings (SSSR count). The average Bonchev–Trinajstić information content (AvgIpc) is 2.72. The van der Waals surface area contributed by atoms with Crippen molar-refractivity contribution in [1.29, 1.82) is 0 Å². The maximum atomic E-state index is 5.80. The van der Waals surface area contributed by atoms with Crippen LogP contribution in [0.25, 0.3) is 0 Å². The molecular weight excluding hydrogens is 198 g/mol. The summed E-state index contributed by atoms with van der Waals surface area (Å²) in [7, 11) is 0. The first-order valence-electron chi connectivity index (χ1n) is 4.95. The van der Waals surface area contributed by atoms with Crippen molar-refractivity contribution in [3.8, 4) is 0 Å². The van der Waals surface area contributed by atoms with Crippen LogP contribution >= 0.6 is 11.7 Å². The van der Waals surface area contributed by atoms with E-state index in [0.29, 0.717) is 6.54 Å². The minimum atomic E-state index is -0.173. The number of hydrogen-bond acceptors (Lipinski definition) is 5. The summed E-state index contributed by atoms with van der Waals surface area (Å²) in [5, 5.41) is 0. The second-order valence-electron chi connectivity index (χ2n) is 3.77. The number of hydrogen-bond donors (Lipinski definition) is 1. The Balaban J connectivity index is 2.04. The highest BCUT2D eigenvalue weighted by atomic mass is 32.1. The molecule has 2 heterocycles. The van der Waals surface area contributed by atoms with Crippen molar-refractivity contribution in [3.63, 3.8) is 0 Å². The topological polar surface area (TPSA) is 61.0 Å². The van der Waals surface area contributed by atoms with Crippen LogP contribution in [0, 0.1) is 0 Å². The van der Waals surface area contributed by atoms with Crippen molar-refractivity contribution in [2.45, 2.75) is 31.3 Å². The van der Waals surface area contributed by atoms with Crippen LogP contribution in [0.3, 0.4) is 0 Å². The van der Waals surface area contributed by atoms with E-state index in [0.717, 1.165) is 31.6 Å². The Morgan fingerprint density at radius 3 is 3.07 bits per heavy atom. The second kappa shape index (κ2) is 4.33. The van der Waals surface area contributed by atoms with Gasteiger partial charge in [-0.25, -0.2) is 0 Å². The molecule has 1 fully saturated rings. The summed E-state index contributed by atoms with van der Waals surface area (Å²) in [6.07, 6.45) is 6.01. The fourth-order valence-corrected chi connectivity index (χ4v) is 2.31. The molecule has 1 aromatic rings. The quantitative estimate of drug-likeness (QED) is 0.813. The molecular formula is C9H15N3OS. The first kappa shape index (κ1) is 10.0. The van der Waals surface area contributed by atoms with E-state index in [1.54, 1.807) is 6.20 Å². The smallest absolute Gasteiger partial charge is 0.0860 e. The molecule has 1 aliphatic rings. The molecule has 0 aromatic carbocycles. The molecule has 1 saturated heterocycles. The number of ether oxygens (including phenoxy) is 1. The fourth-order valence-electron chi connectivity index (χ4n) is 1.87. The molecule has 1 aliphatic heterocycles. The number of nitrogens with two attached hydrogens (primary N) is 1. The summed E-state index contributed by atoms with van der Waals surface area (Å²) in [4.78, 5) is 0. The predicted molar refractivity (Wildman–Crippen MR) is 55.2 cm³/mol. The van der Waals surface area contributed by atoms with E-state index >= 15 is 0 Å². The standard InChI is InChI=1S/C9H15N3OS/c10-7-9(3-1-2-4-13-9)5-8-6-11-14-12-8/h6H,1-5,7,10H2. The van der Waals surface area contributed by atoms with Crippen LogP contribution in [0.1, 0.15) is 25.0 Å². The van der Waals surface area contributed by atoms with Gasteiger partial charge < -0.3 is 10.5 Å². The van der Waals surface area contributed by atoms with E-state index in [-0.39, 0.29) is 5.60 Å². The molecule has 0 saturated carbocycles. The van der Waals surface area contributed by atoms with Crippen molar-refractivity contribution in [1.82, 2.24) is 8.75 Å². The average molecular weight is 213 g/mol. The predicted octanol–water partition coefficient (Wildman–Crippen LogP) is 0.979. The monoisotopic (exact) mass is 213 g/mol. The molecule has 78 valence electrons. The fraction of sp³-hybridized carbons (Fsp3) is 0.778. The SMILES string of the molecule is NCC1(Cc2cnsn2)CCCCO1. The lowest BCUT2D eigenvalue weighted by Gasteiger charge is -2.35. The van der Waals surface area contributed by atoms with Crippen molar-refractivity contribution in [2.24, 2.45) is 5.73 Å². The van der Waals surface area contributed by atoms with Crippen LogP contribution in [0.2, 0.25) is 0 Å². The first-order valence-corrected chi connectivity index (χ1v) is 5.68. The maximum Gasteiger partial charge on any atom is 0.0860 e. The summed E-state index contributed by atoms with van der Waals surface area (Å²) >= 11 is 1.24. The molecule has 1 aromatic heterocycles. The van der Waals surface area contributed by atoms with E-state index < -0.39 is 0 Å². The summed E-state index contributed by atoms with van der Waals surface area (Å²) < 4.78 is 14.0. The van der Waals surface area contributed by atoms with E-state index in [1.165, 1.54) is 18.1 Å². The molecule has 0 spiro atoms. The molecule has 0 radical (unpaired) electrons. The summed E-state index contributed by atoms with van der Waals surface area (Å²) in [6.45, 7) is 1.40. The number of rotatable bonds is 3. The van der Waals surface area contributed by atoms with E-state index in [9.17, 15) is 0 Å². The first-order chi connectivity index (χ1) is 6.85. The highest BCUT2D eigenvalue weighted by Crippen LogP contribution is 2.27. The highest BCUT2D eigenvalue weighted by Gasteiger charge is 2.32. The highest BCUT2D eigenvalue weighted by molar-refractivity contribution is 6.99. The Morgan fingerprint density at radius 2 is 2.50 bits per heavy atom. The summed E-state index contributed by atoms with van der Waals surface area (Å²) in [5.41, 5.74) is 6.61. The lowest BCUT2D eigenvalue weighted by Crippen LogP contribution is -2.45. The molecule has 0 bridgehead atoms. The van der Waals surface area contributed by atoms with Crippen molar-refractivity contribution in [2.75, 3.05) is 13.2 Å². The third kappa shape index (κ3) is 2.10. The minimum absolute atomic E-state index is 0.173. The van der Waals surface area contributed by atoms with Crippen LogP contribution in [-0.4, -0.2) is 27.5 Å². The van der Waals surface area contributed by atoms with E-state index in [1.807, 2.05) is 0 Å². The molecule has 0 aliphatic carbocycles. The van der Waals surface area contributed by atoms with Gasteiger partial charge in [0.25, 0.3) is 0 Å². The van der Waals surface area contributed by atoms with Crippen LogP contribution in [0.5, 0.6) is 0 Å². The summed E-state index contributed by atoms with van der Waals surface area (Å²) in [5.74, 6) is 0. The zero-order chi connectivity index (χ0) is 9.86. The van der Waals surface area contributed by atoms with Crippen molar-refractivity contribution in [3.05, 3.63) is 11.9 Å². The van der Waals surface area contributed by atoms with Gasteiger partial charge in [0, 0.05) is 19.6 Å². The molecule has 2 N–H and O–H groups in total. The molecule has 5 heteroatoms. The molecule has 1 unspecified atom stereocenters. The normalized spacial score (nSPS) is 27.8. The van der Waals surface area contributed by atoms with Gasteiger partial charge in [-0.1, -0.05) is 0 Å². The van der Waals surface area contributed by atoms with E-state index in [4.69, 9.17) is 10.5 Å². The number of nitrogens with zero attached hydrogens (tertiary/aromatic N) is 2. The third-order valence-electron chi connectivity index (χ3n) is 2.72. The van der Waals surface area contributed by atoms with Gasteiger partial charge in [0.05, 0.1) is 29.2 Å². The number of aromatic nitrogens is 2. The minimum Gasteiger partial charge on any atom is -0.373 e. The molecule has 14 heavy (non-hydrogen) atoms. The molecule has 1 atom stereocenters. The van der Waals surface area contributed by atoms with Gasteiger partial charge in [-0.3, -0.25) is 0 Å². The van der Waals surface area contributed by atoms with Gasteiger partial charge >= 0.3 is 0 Å². The van der Waals surface area contributed by atoms with Gasteiger partial charge in [-0.05, 0) is 19.3 Å². The van der Waals surface area contributed by atoms with Gasteiger partial charge in [-0.15, -0.1) is 0 Å². The van der Waals surface area contributed by atoms with Gasteiger partial charge in [-0.2, -0.15) is 8.75 Å². The zero-order valence-corrected chi connectivity index (χ0v) is 8.92. The van der Waals surface area contributed by atoms with E-state index in [2.05, 4.69) is 8.75 Å². The van der Waals surface area contributed by atoms with Crippen LogP contribution in [0.15, 0.2) is 6.20 Å². The Labute approximate surface area is 87.8 Å². The van der Waals surface area contributed by atoms with Crippen LogP contribution < -0.4 is 5.73 Å². The molecule has 0 amide bonds. The largest absolute Gasteiger partial charge is 0.373 e. The van der Waals surface area contributed by atoms with Crippen LogP contribution in [-0.2, 0) is 11.2 Å². The third-order valence-corrected chi connectivity index (χ3v) is 3.23. The Morgan fingerprint density at radius 1 is 1.57 bits per heavy atom. The maximum absolute atomic E-state index is 5.80. The Hall–Kier alpha value is -0.520.